The number of hydrogen-bond acceptors (Lipinski definition) is 3. The van der Waals surface area contributed by atoms with E-state index in [0.717, 1.165) is 30.5 Å². The summed E-state index contributed by atoms with van der Waals surface area (Å²) in [6, 6.07) is 8.94. The number of halogens is 2. The van der Waals surface area contributed by atoms with Gasteiger partial charge in [0.15, 0.2) is 11.6 Å². The summed E-state index contributed by atoms with van der Waals surface area (Å²) in [6.07, 6.45) is 2.24. The normalized spacial score (nSPS) is 14.2. The molecule has 1 aliphatic rings. The highest BCUT2D eigenvalue weighted by atomic mass is 32.2. The van der Waals surface area contributed by atoms with Gasteiger partial charge in [-0.05, 0) is 48.7 Å². The van der Waals surface area contributed by atoms with Crippen LogP contribution in [0, 0.1) is 11.6 Å². The highest BCUT2D eigenvalue weighted by Crippen LogP contribution is 2.20. The zero-order valence-electron chi connectivity index (χ0n) is 13.1. The van der Waals surface area contributed by atoms with E-state index in [1.54, 1.807) is 12.1 Å². The van der Waals surface area contributed by atoms with Crippen molar-refractivity contribution in [3.8, 4) is 0 Å². The Morgan fingerprint density at radius 3 is 2.32 bits per heavy atom. The van der Waals surface area contributed by atoms with Crippen LogP contribution < -0.4 is 10.0 Å². The van der Waals surface area contributed by atoms with Crippen LogP contribution in [0.3, 0.4) is 0 Å². The van der Waals surface area contributed by atoms with Crippen LogP contribution in [0.15, 0.2) is 47.4 Å². The number of anilines is 1. The van der Waals surface area contributed by atoms with Crippen molar-refractivity contribution in [2.45, 2.75) is 30.2 Å². The Morgan fingerprint density at radius 2 is 1.72 bits per heavy atom. The van der Waals surface area contributed by atoms with Crippen molar-refractivity contribution in [1.29, 1.82) is 0 Å². The van der Waals surface area contributed by atoms with Crippen molar-refractivity contribution < 1.29 is 22.0 Å². The lowest BCUT2D eigenvalue weighted by Crippen LogP contribution is -2.26. The van der Waals surface area contributed by atoms with Gasteiger partial charge in [-0.1, -0.05) is 12.1 Å². The molecule has 0 heterocycles. The van der Waals surface area contributed by atoms with Crippen LogP contribution in [0.5, 0.6) is 0 Å². The van der Waals surface area contributed by atoms with Gasteiger partial charge in [-0.3, -0.25) is 9.52 Å². The number of hydrogen-bond donors (Lipinski definition) is 2. The summed E-state index contributed by atoms with van der Waals surface area (Å²) < 4.78 is 52.8. The van der Waals surface area contributed by atoms with Crippen molar-refractivity contribution in [3.05, 3.63) is 59.7 Å². The predicted octanol–water partition coefficient (Wildman–Crippen LogP) is 2.59. The maximum atomic E-state index is 13.2. The van der Waals surface area contributed by atoms with Crippen LogP contribution >= 0.6 is 0 Å². The molecule has 0 aromatic heterocycles. The second-order valence-corrected chi connectivity index (χ2v) is 7.58. The highest BCUT2D eigenvalue weighted by molar-refractivity contribution is 7.92. The van der Waals surface area contributed by atoms with E-state index < -0.39 is 21.7 Å². The smallest absolute Gasteiger partial charge is 0.261 e. The average molecular weight is 366 g/mol. The van der Waals surface area contributed by atoms with E-state index in [1.165, 1.54) is 12.1 Å². The molecule has 2 N–H and O–H groups in total. The van der Waals surface area contributed by atoms with E-state index in [1.807, 2.05) is 0 Å². The summed E-state index contributed by atoms with van der Waals surface area (Å²) in [5.74, 6) is -2.43. The van der Waals surface area contributed by atoms with Gasteiger partial charge in [-0.25, -0.2) is 17.2 Å². The topological polar surface area (TPSA) is 75.3 Å². The first-order chi connectivity index (χ1) is 11.8. The zero-order chi connectivity index (χ0) is 18.0. The molecular weight excluding hydrogens is 350 g/mol. The minimum atomic E-state index is -4.03. The molecule has 0 radical (unpaired) electrons. The fourth-order valence-electron chi connectivity index (χ4n) is 2.24. The third-order valence-electron chi connectivity index (χ3n) is 3.71. The SMILES string of the molecule is O=C(Cc1ccc(NS(=O)(=O)c2ccc(F)c(F)c2)cc1)NC1CC1. The Balaban J connectivity index is 1.67. The molecule has 1 aliphatic carbocycles. The third kappa shape index (κ3) is 4.54. The molecular formula is C17H16F2N2O3S. The largest absolute Gasteiger partial charge is 0.353 e. The summed E-state index contributed by atoms with van der Waals surface area (Å²) in [5.41, 5.74) is 1.00. The first-order valence-electron chi connectivity index (χ1n) is 7.70. The fourth-order valence-corrected chi connectivity index (χ4v) is 3.31. The maximum absolute atomic E-state index is 13.2. The lowest BCUT2D eigenvalue weighted by Gasteiger charge is -2.09. The second kappa shape index (κ2) is 6.79. The summed E-state index contributed by atoms with van der Waals surface area (Å²) in [5, 5.41) is 2.87. The quantitative estimate of drug-likeness (QED) is 0.825. The zero-order valence-corrected chi connectivity index (χ0v) is 13.9. The lowest BCUT2D eigenvalue weighted by molar-refractivity contribution is -0.120. The van der Waals surface area contributed by atoms with E-state index in [4.69, 9.17) is 0 Å². The minimum Gasteiger partial charge on any atom is -0.353 e. The highest BCUT2D eigenvalue weighted by Gasteiger charge is 2.23. The van der Waals surface area contributed by atoms with Gasteiger partial charge in [-0.2, -0.15) is 0 Å². The Kier molecular flexibility index (Phi) is 4.71. The van der Waals surface area contributed by atoms with Gasteiger partial charge in [0.2, 0.25) is 5.91 Å². The molecule has 8 heteroatoms. The molecule has 5 nitrogen and oxygen atoms in total. The molecule has 0 aliphatic heterocycles. The van der Waals surface area contributed by atoms with Crippen molar-refractivity contribution >= 4 is 21.6 Å². The minimum absolute atomic E-state index is 0.0716. The number of sulfonamides is 1. The molecule has 0 bridgehead atoms. The van der Waals surface area contributed by atoms with E-state index in [0.29, 0.717) is 6.07 Å². The molecule has 3 rings (SSSR count). The molecule has 1 fully saturated rings. The average Bonchev–Trinajstić information content (AvgIpc) is 3.35. The monoisotopic (exact) mass is 366 g/mol. The van der Waals surface area contributed by atoms with Gasteiger partial charge in [-0.15, -0.1) is 0 Å². The van der Waals surface area contributed by atoms with E-state index in [9.17, 15) is 22.0 Å². The van der Waals surface area contributed by atoms with E-state index >= 15 is 0 Å². The molecule has 0 unspecified atom stereocenters. The Hall–Kier alpha value is -2.48. The van der Waals surface area contributed by atoms with Gasteiger partial charge in [0, 0.05) is 11.7 Å². The Bertz CT molecular complexity index is 895. The van der Waals surface area contributed by atoms with Crippen LogP contribution in [-0.4, -0.2) is 20.4 Å². The summed E-state index contributed by atoms with van der Waals surface area (Å²) in [4.78, 5) is 11.4. The second-order valence-electron chi connectivity index (χ2n) is 5.90. The molecule has 1 amide bonds. The van der Waals surface area contributed by atoms with Crippen LogP contribution in [0.1, 0.15) is 18.4 Å². The van der Waals surface area contributed by atoms with Gasteiger partial charge >= 0.3 is 0 Å². The predicted molar refractivity (Wildman–Crippen MR) is 88.5 cm³/mol. The van der Waals surface area contributed by atoms with Crippen molar-refractivity contribution in [1.82, 2.24) is 5.32 Å². The lowest BCUT2D eigenvalue weighted by atomic mass is 10.1. The summed E-state index contributed by atoms with van der Waals surface area (Å²) >= 11 is 0. The van der Waals surface area contributed by atoms with E-state index in [-0.39, 0.29) is 29.0 Å². The maximum Gasteiger partial charge on any atom is 0.261 e. The number of amides is 1. The van der Waals surface area contributed by atoms with Gasteiger partial charge in [0.25, 0.3) is 10.0 Å². The van der Waals surface area contributed by atoms with Gasteiger partial charge in [0.1, 0.15) is 0 Å². The van der Waals surface area contributed by atoms with Crippen molar-refractivity contribution in [2.75, 3.05) is 4.72 Å². The summed E-state index contributed by atoms with van der Waals surface area (Å²) in [7, 11) is -4.03. The number of rotatable bonds is 6. The Morgan fingerprint density at radius 1 is 1.04 bits per heavy atom. The Labute approximate surface area is 144 Å². The van der Waals surface area contributed by atoms with Crippen molar-refractivity contribution in [3.63, 3.8) is 0 Å². The molecule has 2 aromatic rings. The van der Waals surface area contributed by atoms with Gasteiger partial charge in [0.05, 0.1) is 11.3 Å². The molecule has 1 saturated carbocycles. The van der Waals surface area contributed by atoms with Crippen molar-refractivity contribution in [2.24, 2.45) is 0 Å². The number of carbonyl (C=O) groups is 1. The third-order valence-corrected chi connectivity index (χ3v) is 5.09. The summed E-state index contributed by atoms with van der Waals surface area (Å²) in [6.45, 7) is 0. The van der Waals surface area contributed by atoms with Gasteiger partial charge < -0.3 is 5.32 Å². The number of benzene rings is 2. The molecule has 0 atom stereocenters. The molecule has 0 saturated heterocycles. The van der Waals surface area contributed by atoms with E-state index in [2.05, 4.69) is 10.0 Å². The molecule has 0 spiro atoms. The van der Waals surface area contributed by atoms with Crippen LogP contribution in [0.2, 0.25) is 0 Å². The standard InChI is InChI=1S/C17H16F2N2O3S/c18-15-8-7-14(10-16(15)19)25(23,24)21-13-3-1-11(2-4-13)9-17(22)20-12-5-6-12/h1-4,7-8,10,12,21H,5-6,9H2,(H,20,22). The molecule has 132 valence electrons. The van der Waals surface area contributed by atoms with Crippen LogP contribution in [-0.2, 0) is 21.2 Å². The number of carbonyl (C=O) groups excluding carboxylic acids is 1. The first kappa shape index (κ1) is 17.3. The first-order valence-corrected chi connectivity index (χ1v) is 9.18. The van der Waals surface area contributed by atoms with Crippen LogP contribution in [0.4, 0.5) is 14.5 Å². The molecule has 25 heavy (non-hydrogen) atoms. The van der Waals surface area contributed by atoms with Crippen LogP contribution in [0.25, 0.3) is 0 Å². The fraction of sp³-hybridized carbons (Fsp3) is 0.235. The number of nitrogens with one attached hydrogen (secondary N) is 2. The molecule has 2 aromatic carbocycles.